The molecule has 0 aromatic rings. The van der Waals surface area contributed by atoms with E-state index in [0.717, 1.165) is 0 Å². The Hall–Kier alpha value is -1.54. The number of ether oxygens (including phenoxy) is 1. The number of rotatable bonds is 3. The van der Waals surface area contributed by atoms with E-state index in [1.54, 1.807) is 0 Å². The van der Waals surface area contributed by atoms with E-state index in [1.165, 1.54) is 0 Å². The van der Waals surface area contributed by atoms with E-state index in [2.05, 4.69) is 11.2 Å². The molecule has 0 aliphatic carbocycles. The summed E-state index contributed by atoms with van der Waals surface area (Å²) >= 11 is 0. The molecule has 0 spiro atoms. The second-order valence-corrected chi connectivity index (χ2v) is 3.04. The molecule has 1 aliphatic rings. The molecule has 0 bridgehead atoms. The van der Waals surface area contributed by atoms with Crippen LogP contribution in [-0.4, -0.2) is 36.2 Å². The Labute approximate surface area is 81.4 Å². The summed E-state index contributed by atoms with van der Waals surface area (Å²) in [5.74, 6) is 0.212. The van der Waals surface area contributed by atoms with Crippen molar-refractivity contribution in [3.05, 3.63) is 0 Å². The molecule has 0 aromatic heterocycles. The Balaban J connectivity index is 2.48. The highest BCUT2D eigenvalue weighted by molar-refractivity contribution is 5.80. The molecule has 0 radical (unpaired) electrons. The van der Waals surface area contributed by atoms with Gasteiger partial charge in [0.2, 0.25) is 5.91 Å². The van der Waals surface area contributed by atoms with E-state index in [1.807, 2.05) is 0 Å². The summed E-state index contributed by atoms with van der Waals surface area (Å²) in [4.78, 5) is 21.7. The highest BCUT2D eigenvalue weighted by atomic mass is 16.5. The van der Waals surface area contributed by atoms with E-state index in [4.69, 9.17) is 16.3 Å². The third-order valence-electron chi connectivity index (χ3n) is 2.01. The Bertz CT molecular complexity index is 281. The van der Waals surface area contributed by atoms with E-state index >= 15 is 0 Å². The summed E-state index contributed by atoms with van der Waals surface area (Å²) in [6, 6.07) is -0.464. The maximum atomic E-state index is 11.1. The van der Waals surface area contributed by atoms with E-state index in [-0.39, 0.29) is 25.5 Å². The van der Waals surface area contributed by atoms with Crippen LogP contribution in [0.4, 0.5) is 0 Å². The van der Waals surface area contributed by atoms with Gasteiger partial charge in [-0.25, -0.2) is 0 Å². The predicted octanol–water partition coefficient (Wildman–Crippen LogP) is -0.774. The van der Waals surface area contributed by atoms with Crippen molar-refractivity contribution in [3.63, 3.8) is 0 Å². The molecule has 0 saturated carbocycles. The van der Waals surface area contributed by atoms with Gasteiger partial charge < -0.3 is 15.2 Å². The lowest BCUT2D eigenvalue weighted by atomic mass is 10.0. The number of hydrogen-bond acceptors (Lipinski definition) is 3. The number of carboxylic acid groups (broad SMARTS) is 1. The molecule has 2 unspecified atom stereocenters. The Morgan fingerprint density at radius 2 is 2.29 bits per heavy atom. The fraction of sp³-hybridized carbons (Fsp3) is 0.556. The van der Waals surface area contributed by atoms with Crippen LogP contribution in [0.1, 0.15) is 6.42 Å². The minimum Gasteiger partial charge on any atom is -0.481 e. The van der Waals surface area contributed by atoms with Crippen molar-refractivity contribution in [1.29, 1.82) is 0 Å². The predicted molar refractivity (Wildman–Crippen MR) is 47.3 cm³/mol. The standard InChI is InChI=1S/C9H11NO4/c1-2-3-8(11)10-7-5-14-4-6(7)9(12)13/h1,6-7H,3-5H2,(H,10,11)(H,12,13). The van der Waals surface area contributed by atoms with Crippen molar-refractivity contribution in [2.24, 2.45) is 5.92 Å². The molecule has 2 atom stereocenters. The third kappa shape index (κ3) is 2.47. The summed E-state index contributed by atoms with van der Waals surface area (Å²) in [6.45, 7) is 0.365. The van der Waals surface area contributed by atoms with Gasteiger partial charge in [0.1, 0.15) is 5.92 Å². The van der Waals surface area contributed by atoms with Gasteiger partial charge in [0.05, 0.1) is 25.7 Å². The number of terminal acetylenes is 1. The zero-order chi connectivity index (χ0) is 10.6. The molecule has 1 amide bonds. The van der Waals surface area contributed by atoms with Crippen molar-refractivity contribution in [1.82, 2.24) is 5.32 Å². The van der Waals surface area contributed by atoms with Crippen molar-refractivity contribution < 1.29 is 19.4 Å². The van der Waals surface area contributed by atoms with Crippen molar-refractivity contribution in [3.8, 4) is 12.3 Å². The first-order valence-electron chi connectivity index (χ1n) is 4.18. The maximum Gasteiger partial charge on any atom is 0.311 e. The fourth-order valence-corrected chi connectivity index (χ4v) is 1.29. The van der Waals surface area contributed by atoms with Crippen LogP contribution >= 0.6 is 0 Å². The second-order valence-electron chi connectivity index (χ2n) is 3.04. The molecule has 1 saturated heterocycles. The van der Waals surface area contributed by atoms with Crippen molar-refractivity contribution >= 4 is 11.9 Å². The van der Waals surface area contributed by atoms with Gasteiger partial charge in [0.25, 0.3) is 0 Å². The van der Waals surface area contributed by atoms with E-state index in [9.17, 15) is 9.59 Å². The first-order chi connectivity index (χ1) is 6.65. The molecule has 1 fully saturated rings. The lowest BCUT2D eigenvalue weighted by Gasteiger charge is -2.14. The first-order valence-corrected chi connectivity index (χ1v) is 4.18. The van der Waals surface area contributed by atoms with Gasteiger partial charge in [-0.05, 0) is 0 Å². The van der Waals surface area contributed by atoms with Crippen LogP contribution in [-0.2, 0) is 14.3 Å². The number of hydrogen-bond donors (Lipinski definition) is 2. The van der Waals surface area contributed by atoms with Gasteiger partial charge in [-0.15, -0.1) is 6.42 Å². The molecule has 1 rings (SSSR count). The average Bonchev–Trinajstić information content (AvgIpc) is 2.52. The summed E-state index contributed by atoms with van der Waals surface area (Å²) < 4.78 is 4.96. The monoisotopic (exact) mass is 197 g/mol. The van der Waals surface area contributed by atoms with E-state index in [0.29, 0.717) is 0 Å². The van der Waals surface area contributed by atoms with Crippen LogP contribution in [0.3, 0.4) is 0 Å². The van der Waals surface area contributed by atoms with Crippen LogP contribution < -0.4 is 5.32 Å². The summed E-state index contributed by atoms with van der Waals surface area (Å²) in [7, 11) is 0. The quantitative estimate of drug-likeness (QED) is 0.582. The molecule has 5 nitrogen and oxygen atoms in total. The van der Waals surface area contributed by atoms with Crippen molar-refractivity contribution in [2.75, 3.05) is 13.2 Å². The average molecular weight is 197 g/mol. The van der Waals surface area contributed by atoms with Gasteiger partial charge in [-0.1, -0.05) is 5.92 Å². The van der Waals surface area contributed by atoms with Gasteiger partial charge in [0.15, 0.2) is 0 Å². The number of nitrogens with one attached hydrogen (secondary N) is 1. The Morgan fingerprint density at radius 1 is 1.57 bits per heavy atom. The van der Waals surface area contributed by atoms with Crippen LogP contribution in [0.15, 0.2) is 0 Å². The number of carbonyl (C=O) groups excluding carboxylic acids is 1. The summed E-state index contributed by atoms with van der Waals surface area (Å²) in [5.41, 5.74) is 0. The minimum absolute atomic E-state index is 0.0389. The van der Waals surface area contributed by atoms with Crippen LogP contribution in [0.25, 0.3) is 0 Å². The second kappa shape index (κ2) is 4.63. The zero-order valence-corrected chi connectivity index (χ0v) is 7.53. The Morgan fingerprint density at radius 3 is 2.86 bits per heavy atom. The lowest BCUT2D eigenvalue weighted by Crippen LogP contribution is -2.42. The van der Waals surface area contributed by atoms with Crippen LogP contribution in [0.5, 0.6) is 0 Å². The highest BCUT2D eigenvalue weighted by Gasteiger charge is 2.34. The maximum absolute atomic E-state index is 11.1. The van der Waals surface area contributed by atoms with Gasteiger partial charge in [0, 0.05) is 0 Å². The minimum atomic E-state index is -0.964. The van der Waals surface area contributed by atoms with Crippen LogP contribution in [0, 0.1) is 18.3 Å². The molecular formula is C9H11NO4. The van der Waals surface area contributed by atoms with Crippen LogP contribution in [0.2, 0.25) is 0 Å². The number of carboxylic acids is 1. The van der Waals surface area contributed by atoms with E-state index < -0.39 is 17.9 Å². The van der Waals surface area contributed by atoms with Gasteiger partial charge in [-0.3, -0.25) is 9.59 Å². The topological polar surface area (TPSA) is 75.6 Å². The highest BCUT2D eigenvalue weighted by Crippen LogP contribution is 2.13. The SMILES string of the molecule is C#CCC(=O)NC1COCC1C(=O)O. The van der Waals surface area contributed by atoms with Gasteiger partial charge in [-0.2, -0.15) is 0 Å². The molecule has 1 aliphatic heterocycles. The molecule has 0 aromatic carbocycles. The normalized spacial score (nSPS) is 25.4. The molecule has 2 N–H and O–H groups in total. The van der Waals surface area contributed by atoms with Gasteiger partial charge >= 0.3 is 5.97 Å². The molecular weight excluding hydrogens is 186 g/mol. The fourth-order valence-electron chi connectivity index (χ4n) is 1.29. The zero-order valence-electron chi connectivity index (χ0n) is 7.53. The lowest BCUT2D eigenvalue weighted by molar-refractivity contribution is -0.142. The largest absolute Gasteiger partial charge is 0.481 e. The number of carbonyl (C=O) groups is 2. The third-order valence-corrected chi connectivity index (χ3v) is 2.01. The first kappa shape index (κ1) is 10.5. The molecule has 14 heavy (non-hydrogen) atoms. The Kier molecular flexibility index (Phi) is 3.48. The summed E-state index contributed by atoms with van der Waals surface area (Å²) in [5, 5.41) is 11.3. The number of amides is 1. The molecule has 76 valence electrons. The van der Waals surface area contributed by atoms with Crippen molar-refractivity contribution in [2.45, 2.75) is 12.5 Å². The molecule has 5 heteroatoms. The number of aliphatic carboxylic acids is 1. The molecule has 1 heterocycles. The summed E-state index contributed by atoms with van der Waals surface area (Å²) in [6.07, 6.45) is 4.90. The smallest absolute Gasteiger partial charge is 0.311 e.